The van der Waals surface area contributed by atoms with Gasteiger partial charge in [-0.15, -0.1) is 0 Å². The van der Waals surface area contributed by atoms with E-state index in [2.05, 4.69) is 81.1 Å². The molecule has 0 spiro atoms. The van der Waals surface area contributed by atoms with E-state index < -0.39 is 0 Å². The average Bonchev–Trinajstić information content (AvgIpc) is 3.20. The van der Waals surface area contributed by atoms with Crippen LogP contribution >= 0.6 is 11.8 Å². The highest BCUT2D eigenvalue weighted by Crippen LogP contribution is 2.37. The van der Waals surface area contributed by atoms with Gasteiger partial charge in [0.05, 0.1) is 16.3 Å². The van der Waals surface area contributed by atoms with Gasteiger partial charge in [0, 0.05) is 18.8 Å². The van der Waals surface area contributed by atoms with Crippen LogP contribution in [0.15, 0.2) is 82.7 Å². The van der Waals surface area contributed by atoms with Gasteiger partial charge in [-0.3, -0.25) is 9.69 Å². The molecular formula is C30H33N3OS. The van der Waals surface area contributed by atoms with E-state index in [1.165, 1.54) is 28.6 Å². The van der Waals surface area contributed by atoms with Gasteiger partial charge in [0.25, 0.3) is 5.91 Å². The van der Waals surface area contributed by atoms with Crippen molar-refractivity contribution in [1.29, 1.82) is 0 Å². The van der Waals surface area contributed by atoms with Gasteiger partial charge in [0.1, 0.15) is 0 Å². The van der Waals surface area contributed by atoms with Gasteiger partial charge in [-0.25, -0.2) is 4.99 Å². The van der Waals surface area contributed by atoms with E-state index in [-0.39, 0.29) is 5.91 Å². The van der Waals surface area contributed by atoms with E-state index in [1.54, 1.807) is 4.90 Å². The first-order valence-corrected chi connectivity index (χ1v) is 13.2. The van der Waals surface area contributed by atoms with Crippen molar-refractivity contribution in [2.45, 2.75) is 40.5 Å². The second kappa shape index (κ2) is 11.4. The largest absolute Gasteiger partial charge is 0.372 e. The van der Waals surface area contributed by atoms with Crippen LogP contribution in [0.1, 0.15) is 44.4 Å². The fourth-order valence-corrected chi connectivity index (χ4v) is 5.10. The van der Waals surface area contributed by atoms with Crippen molar-refractivity contribution in [3.63, 3.8) is 0 Å². The third-order valence-corrected chi connectivity index (χ3v) is 7.27. The number of anilines is 2. The fraction of sp³-hybridized carbons (Fsp3) is 0.267. The maximum Gasteiger partial charge on any atom is 0.271 e. The molecular weight excluding hydrogens is 450 g/mol. The standard InChI is InChI=1S/C30H33N3OS/c1-5-22-9-15-25(16-10-22)31-30-33(27-19-11-23(6-2)12-20-27)29(34)28(35-30)21-24-13-17-26(18-14-24)32(7-3)8-4/h9-21H,5-8H2,1-4H3/b28-21+,31-30?. The Bertz CT molecular complexity index is 1210. The summed E-state index contributed by atoms with van der Waals surface area (Å²) >= 11 is 1.43. The molecule has 1 saturated heterocycles. The van der Waals surface area contributed by atoms with Crippen molar-refractivity contribution in [3.8, 4) is 0 Å². The zero-order chi connectivity index (χ0) is 24.8. The van der Waals surface area contributed by atoms with Gasteiger partial charge in [-0.05, 0) is 97.6 Å². The molecule has 3 aromatic carbocycles. The summed E-state index contributed by atoms with van der Waals surface area (Å²) in [6.45, 7) is 10.5. The van der Waals surface area contributed by atoms with Gasteiger partial charge >= 0.3 is 0 Å². The molecule has 4 nitrogen and oxygen atoms in total. The lowest BCUT2D eigenvalue weighted by Gasteiger charge is -2.20. The molecule has 1 heterocycles. The van der Waals surface area contributed by atoms with Crippen LogP contribution in [-0.2, 0) is 17.6 Å². The monoisotopic (exact) mass is 483 g/mol. The first kappa shape index (κ1) is 24.8. The van der Waals surface area contributed by atoms with Crippen LogP contribution < -0.4 is 9.80 Å². The number of aryl methyl sites for hydroxylation is 2. The first-order valence-electron chi connectivity index (χ1n) is 12.4. The van der Waals surface area contributed by atoms with Crippen LogP contribution in [0.4, 0.5) is 17.1 Å². The number of nitrogens with zero attached hydrogens (tertiary/aromatic N) is 3. The molecule has 4 rings (SSSR count). The van der Waals surface area contributed by atoms with Crippen LogP contribution in [0.25, 0.3) is 6.08 Å². The molecule has 0 aromatic heterocycles. The van der Waals surface area contributed by atoms with Crippen LogP contribution in [-0.4, -0.2) is 24.2 Å². The van der Waals surface area contributed by atoms with Crippen molar-refractivity contribution in [1.82, 2.24) is 0 Å². The van der Waals surface area contributed by atoms with Crippen molar-refractivity contribution in [2.75, 3.05) is 22.9 Å². The Balaban J connectivity index is 1.69. The number of hydrogen-bond acceptors (Lipinski definition) is 4. The Morgan fingerprint density at radius 1 is 0.800 bits per heavy atom. The Hall–Kier alpha value is -3.31. The number of carbonyl (C=O) groups excluding carboxylic acids is 1. The van der Waals surface area contributed by atoms with Crippen LogP contribution in [0.5, 0.6) is 0 Å². The Morgan fingerprint density at radius 2 is 1.37 bits per heavy atom. The normalized spacial score (nSPS) is 15.9. The SMILES string of the molecule is CCc1ccc(N=C2S/C(=C/c3ccc(N(CC)CC)cc3)C(=O)N2c2ccc(CC)cc2)cc1. The summed E-state index contributed by atoms with van der Waals surface area (Å²) < 4.78 is 0. The number of amidine groups is 1. The lowest BCUT2D eigenvalue weighted by molar-refractivity contribution is -0.113. The summed E-state index contributed by atoms with van der Waals surface area (Å²) in [7, 11) is 0. The zero-order valence-corrected chi connectivity index (χ0v) is 21.8. The van der Waals surface area contributed by atoms with Gasteiger partial charge in [0.15, 0.2) is 5.17 Å². The topological polar surface area (TPSA) is 35.9 Å². The highest BCUT2D eigenvalue weighted by molar-refractivity contribution is 8.19. The van der Waals surface area contributed by atoms with E-state index in [4.69, 9.17) is 4.99 Å². The number of amides is 1. The molecule has 1 aliphatic heterocycles. The lowest BCUT2D eigenvalue weighted by Crippen LogP contribution is -2.28. The van der Waals surface area contributed by atoms with Crippen LogP contribution in [0.2, 0.25) is 0 Å². The van der Waals surface area contributed by atoms with E-state index in [9.17, 15) is 4.79 Å². The third kappa shape index (κ3) is 5.68. The van der Waals surface area contributed by atoms with E-state index in [1.807, 2.05) is 30.3 Å². The zero-order valence-electron chi connectivity index (χ0n) is 21.0. The highest BCUT2D eigenvalue weighted by Gasteiger charge is 2.34. The molecule has 0 atom stereocenters. The quantitative estimate of drug-likeness (QED) is 0.312. The molecule has 1 amide bonds. The number of benzene rings is 3. The Morgan fingerprint density at radius 3 is 1.91 bits per heavy atom. The molecule has 0 bridgehead atoms. The molecule has 0 N–H and O–H groups in total. The minimum absolute atomic E-state index is 0.0454. The van der Waals surface area contributed by atoms with E-state index >= 15 is 0 Å². The smallest absolute Gasteiger partial charge is 0.271 e. The molecule has 1 aliphatic rings. The Labute approximate surface area is 213 Å². The molecule has 180 valence electrons. The fourth-order valence-electron chi connectivity index (χ4n) is 4.10. The number of rotatable bonds is 8. The third-order valence-electron chi connectivity index (χ3n) is 6.30. The summed E-state index contributed by atoms with van der Waals surface area (Å²) in [5, 5.41) is 0.675. The second-order valence-corrected chi connectivity index (χ2v) is 9.46. The predicted octanol–water partition coefficient (Wildman–Crippen LogP) is 7.47. The second-order valence-electron chi connectivity index (χ2n) is 8.45. The number of thioether (sulfide) groups is 1. The molecule has 35 heavy (non-hydrogen) atoms. The maximum absolute atomic E-state index is 13.6. The van der Waals surface area contributed by atoms with Gasteiger partial charge < -0.3 is 4.90 Å². The van der Waals surface area contributed by atoms with E-state index in [0.717, 1.165) is 42.9 Å². The summed E-state index contributed by atoms with van der Waals surface area (Å²) in [6.07, 6.45) is 3.91. The average molecular weight is 484 g/mol. The first-order chi connectivity index (χ1) is 17.1. The van der Waals surface area contributed by atoms with Gasteiger partial charge in [-0.1, -0.05) is 50.2 Å². The van der Waals surface area contributed by atoms with E-state index in [0.29, 0.717) is 10.1 Å². The minimum atomic E-state index is -0.0454. The molecule has 0 radical (unpaired) electrons. The summed E-state index contributed by atoms with van der Waals surface area (Å²) in [5.41, 5.74) is 6.39. The summed E-state index contributed by atoms with van der Waals surface area (Å²) in [6, 6.07) is 24.8. The molecule has 3 aromatic rings. The van der Waals surface area contributed by atoms with Crippen molar-refractivity contribution >= 4 is 46.0 Å². The van der Waals surface area contributed by atoms with Crippen LogP contribution in [0.3, 0.4) is 0 Å². The number of carbonyl (C=O) groups is 1. The van der Waals surface area contributed by atoms with Crippen LogP contribution in [0, 0.1) is 0 Å². The maximum atomic E-state index is 13.6. The number of aliphatic imine (C=N–C) groups is 1. The molecule has 1 fully saturated rings. The molecule has 5 heteroatoms. The Kier molecular flexibility index (Phi) is 8.09. The number of hydrogen-bond donors (Lipinski definition) is 0. The highest BCUT2D eigenvalue weighted by atomic mass is 32.2. The van der Waals surface area contributed by atoms with Crippen molar-refractivity contribution in [3.05, 3.63) is 94.4 Å². The van der Waals surface area contributed by atoms with Crippen molar-refractivity contribution in [2.24, 2.45) is 4.99 Å². The molecule has 0 aliphatic carbocycles. The minimum Gasteiger partial charge on any atom is -0.372 e. The molecule has 0 unspecified atom stereocenters. The van der Waals surface area contributed by atoms with Gasteiger partial charge in [0.2, 0.25) is 0 Å². The summed E-state index contributed by atoms with van der Waals surface area (Å²) in [4.78, 5) is 23.2. The molecule has 0 saturated carbocycles. The summed E-state index contributed by atoms with van der Waals surface area (Å²) in [5.74, 6) is -0.0454. The van der Waals surface area contributed by atoms with Gasteiger partial charge in [-0.2, -0.15) is 0 Å². The predicted molar refractivity (Wildman–Crippen MR) is 152 cm³/mol. The van der Waals surface area contributed by atoms with Crippen molar-refractivity contribution < 1.29 is 4.79 Å². The lowest BCUT2D eigenvalue weighted by atomic mass is 10.1.